The number of rotatable bonds is 5. The van der Waals surface area contributed by atoms with E-state index in [1.165, 1.54) is 5.69 Å². The van der Waals surface area contributed by atoms with Gasteiger partial charge in [0.25, 0.3) is 0 Å². The molecule has 1 atom stereocenters. The summed E-state index contributed by atoms with van der Waals surface area (Å²) in [6.45, 7) is 2.77. The standard InChI is InChI=1S/C18H26N2O2/c21-17(12-18(22)9-4-5-10-18)19-13-15-8-11-20(14-15)16-6-2-1-3-7-16/h1-3,6-7,15,22H,4-5,8-14H2,(H,19,21). The molecule has 1 heterocycles. The molecule has 0 spiro atoms. The van der Waals surface area contributed by atoms with E-state index in [9.17, 15) is 9.90 Å². The topological polar surface area (TPSA) is 52.6 Å². The van der Waals surface area contributed by atoms with Crippen LogP contribution in [0.1, 0.15) is 38.5 Å². The van der Waals surface area contributed by atoms with Crippen molar-refractivity contribution in [2.75, 3.05) is 24.5 Å². The van der Waals surface area contributed by atoms with E-state index in [4.69, 9.17) is 0 Å². The Kier molecular flexibility index (Phi) is 4.67. The zero-order valence-corrected chi connectivity index (χ0v) is 13.1. The monoisotopic (exact) mass is 302 g/mol. The third-order valence-corrected chi connectivity index (χ3v) is 5.02. The van der Waals surface area contributed by atoms with Gasteiger partial charge in [-0.05, 0) is 37.3 Å². The molecule has 1 unspecified atom stereocenters. The molecule has 1 aromatic carbocycles. The van der Waals surface area contributed by atoms with Gasteiger partial charge in [-0.15, -0.1) is 0 Å². The van der Waals surface area contributed by atoms with E-state index >= 15 is 0 Å². The average Bonchev–Trinajstić information content (AvgIpc) is 3.15. The van der Waals surface area contributed by atoms with Gasteiger partial charge in [0, 0.05) is 25.3 Å². The van der Waals surface area contributed by atoms with Gasteiger partial charge in [0.2, 0.25) is 5.91 Å². The summed E-state index contributed by atoms with van der Waals surface area (Å²) in [5, 5.41) is 13.3. The molecular weight excluding hydrogens is 276 g/mol. The van der Waals surface area contributed by atoms with Crippen molar-refractivity contribution in [2.45, 2.75) is 44.1 Å². The summed E-state index contributed by atoms with van der Waals surface area (Å²) in [6.07, 6.45) is 5.00. The van der Waals surface area contributed by atoms with Gasteiger partial charge < -0.3 is 15.3 Å². The second kappa shape index (κ2) is 6.69. The van der Waals surface area contributed by atoms with Gasteiger partial charge in [0.05, 0.1) is 12.0 Å². The van der Waals surface area contributed by atoms with E-state index in [2.05, 4.69) is 34.5 Å². The number of anilines is 1. The van der Waals surface area contributed by atoms with Crippen molar-refractivity contribution in [3.8, 4) is 0 Å². The van der Waals surface area contributed by atoms with Crippen molar-refractivity contribution < 1.29 is 9.90 Å². The maximum Gasteiger partial charge on any atom is 0.222 e. The molecule has 22 heavy (non-hydrogen) atoms. The second-order valence-electron chi connectivity index (χ2n) is 6.85. The Balaban J connectivity index is 1.42. The number of nitrogens with zero attached hydrogens (tertiary/aromatic N) is 1. The lowest BCUT2D eigenvalue weighted by Gasteiger charge is -2.22. The smallest absolute Gasteiger partial charge is 0.222 e. The van der Waals surface area contributed by atoms with Crippen molar-refractivity contribution in [2.24, 2.45) is 5.92 Å². The number of hydrogen-bond acceptors (Lipinski definition) is 3. The summed E-state index contributed by atoms with van der Waals surface area (Å²) in [5.41, 5.74) is 0.520. The van der Waals surface area contributed by atoms with Crippen LogP contribution in [0.15, 0.2) is 30.3 Å². The summed E-state index contributed by atoms with van der Waals surface area (Å²) in [5.74, 6) is 0.505. The van der Waals surface area contributed by atoms with Gasteiger partial charge >= 0.3 is 0 Å². The van der Waals surface area contributed by atoms with Gasteiger partial charge in [-0.3, -0.25) is 4.79 Å². The number of carbonyl (C=O) groups excluding carboxylic acids is 1. The lowest BCUT2D eigenvalue weighted by Crippen LogP contribution is -2.37. The molecular formula is C18H26N2O2. The van der Waals surface area contributed by atoms with Crippen LogP contribution < -0.4 is 10.2 Å². The Hall–Kier alpha value is -1.55. The highest BCUT2D eigenvalue weighted by molar-refractivity contribution is 5.77. The first-order valence-electron chi connectivity index (χ1n) is 8.44. The summed E-state index contributed by atoms with van der Waals surface area (Å²) < 4.78 is 0. The Bertz CT molecular complexity index is 497. The molecule has 3 rings (SSSR count). The molecule has 0 aromatic heterocycles. The number of para-hydroxylation sites is 1. The number of benzene rings is 1. The third-order valence-electron chi connectivity index (χ3n) is 5.02. The van der Waals surface area contributed by atoms with E-state index in [0.717, 1.165) is 51.7 Å². The van der Waals surface area contributed by atoms with E-state index in [0.29, 0.717) is 5.92 Å². The molecule has 0 bridgehead atoms. The van der Waals surface area contributed by atoms with E-state index < -0.39 is 5.60 Å². The SMILES string of the molecule is O=C(CC1(O)CCCC1)NCC1CCN(c2ccccc2)C1. The minimum atomic E-state index is -0.740. The quantitative estimate of drug-likeness (QED) is 0.877. The molecule has 1 saturated heterocycles. The van der Waals surface area contributed by atoms with Crippen molar-refractivity contribution in [1.82, 2.24) is 5.32 Å². The number of nitrogens with one attached hydrogen (secondary N) is 1. The Morgan fingerprint density at radius 2 is 2.00 bits per heavy atom. The van der Waals surface area contributed by atoms with Gasteiger partial charge in [-0.1, -0.05) is 31.0 Å². The predicted octanol–water partition coefficient (Wildman–Crippen LogP) is 2.32. The molecule has 4 nitrogen and oxygen atoms in total. The lowest BCUT2D eigenvalue weighted by atomic mass is 9.97. The van der Waals surface area contributed by atoms with Crippen molar-refractivity contribution >= 4 is 11.6 Å². The maximum atomic E-state index is 12.0. The summed E-state index contributed by atoms with van der Waals surface area (Å²) in [7, 11) is 0. The maximum absolute atomic E-state index is 12.0. The molecule has 1 aliphatic heterocycles. The van der Waals surface area contributed by atoms with Gasteiger partial charge in [-0.2, -0.15) is 0 Å². The highest BCUT2D eigenvalue weighted by atomic mass is 16.3. The molecule has 2 N–H and O–H groups in total. The number of aliphatic hydroxyl groups is 1. The van der Waals surface area contributed by atoms with E-state index in [1.54, 1.807) is 0 Å². The largest absolute Gasteiger partial charge is 0.389 e. The van der Waals surface area contributed by atoms with Crippen LogP contribution in [0, 0.1) is 5.92 Å². The van der Waals surface area contributed by atoms with Crippen molar-refractivity contribution in [3.63, 3.8) is 0 Å². The van der Waals surface area contributed by atoms with E-state index in [1.807, 2.05) is 6.07 Å². The molecule has 1 saturated carbocycles. The van der Waals surface area contributed by atoms with Crippen LogP contribution >= 0.6 is 0 Å². The molecule has 1 aliphatic carbocycles. The van der Waals surface area contributed by atoms with Crippen molar-refractivity contribution in [1.29, 1.82) is 0 Å². The van der Waals surface area contributed by atoms with Gasteiger partial charge in [0.1, 0.15) is 0 Å². The van der Waals surface area contributed by atoms with Crippen LogP contribution in [-0.4, -0.2) is 36.2 Å². The van der Waals surface area contributed by atoms with Crippen LogP contribution in [0.2, 0.25) is 0 Å². The highest BCUT2D eigenvalue weighted by Gasteiger charge is 2.33. The Labute approximate surface area is 132 Å². The minimum absolute atomic E-state index is 0.00237. The summed E-state index contributed by atoms with van der Waals surface area (Å²) in [4.78, 5) is 14.4. The Morgan fingerprint density at radius 3 is 2.73 bits per heavy atom. The molecule has 1 aromatic rings. The number of amides is 1. The first kappa shape index (κ1) is 15.3. The summed E-state index contributed by atoms with van der Waals surface area (Å²) in [6, 6.07) is 10.4. The predicted molar refractivity (Wildman–Crippen MR) is 87.8 cm³/mol. The van der Waals surface area contributed by atoms with Crippen LogP contribution in [0.5, 0.6) is 0 Å². The Morgan fingerprint density at radius 1 is 1.27 bits per heavy atom. The molecule has 2 aliphatic rings. The summed E-state index contributed by atoms with van der Waals surface area (Å²) >= 11 is 0. The lowest BCUT2D eigenvalue weighted by molar-refractivity contribution is -0.126. The molecule has 1 amide bonds. The van der Waals surface area contributed by atoms with Crippen LogP contribution in [0.25, 0.3) is 0 Å². The molecule has 4 heteroatoms. The van der Waals surface area contributed by atoms with Crippen LogP contribution in [0.4, 0.5) is 5.69 Å². The minimum Gasteiger partial charge on any atom is -0.389 e. The van der Waals surface area contributed by atoms with Gasteiger partial charge in [0.15, 0.2) is 0 Å². The zero-order valence-electron chi connectivity index (χ0n) is 13.1. The molecule has 2 fully saturated rings. The molecule has 120 valence electrons. The third kappa shape index (κ3) is 3.80. The fourth-order valence-corrected chi connectivity index (χ4v) is 3.70. The average molecular weight is 302 g/mol. The van der Waals surface area contributed by atoms with Crippen LogP contribution in [-0.2, 0) is 4.79 Å². The fourth-order valence-electron chi connectivity index (χ4n) is 3.70. The van der Waals surface area contributed by atoms with Gasteiger partial charge in [-0.25, -0.2) is 0 Å². The number of hydrogen-bond donors (Lipinski definition) is 2. The molecule has 0 radical (unpaired) electrons. The first-order chi connectivity index (χ1) is 10.6. The van der Waals surface area contributed by atoms with E-state index in [-0.39, 0.29) is 12.3 Å². The number of carbonyl (C=O) groups is 1. The van der Waals surface area contributed by atoms with Crippen LogP contribution in [0.3, 0.4) is 0 Å². The zero-order chi connectivity index (χ0) is 15.4. The first-order valence-corrected chi connectivity index (χ1v) is 8.44. The fraction of sp³-hybridized carbons (Fsp3) is 0.611. The highest BCUT2D eigenvalue weighted by Crippen LogP contribution is 2.32. The second-order valence-corrected chi connectivity index (χ2v) is 6.85. The normalized spacial score (nSPS) is 23.7. The van der Waals surface area contributed by atoms with Crippen molar-refractivity contribution in [3.05, 3.63) is 30.3 Å².